The molecule has 1 fully saturated rings. The Balaban J connectivity index is 2.84. The minimum absolute atomic E-state index is 0.0521. The molecule has 5 atom stereocenters. The van der Waals surface area contributed by atoms with Crippen molar-refractivity contribution in [1.29, 1.82) is 0 Å². The summed E-state index contributed by atoms with van der Waals surface area (Å²) in [6, 6.07) is 0. The summed E-state index contributed by atoms with van der Waals surface area (Å²) in [6.45, 7) is 9.57. The number of esters is 1. The van der Waals surface area contributed by atoms with Crippen molar-refractivity contribution in [3.63, 3.8) is 0 Å². The predicted octanol–water partition coefficient (Wildman–Crippen LogP) is 1.89. The number of rotatable bonds is 5. The van der Waals surface area contributed by atoms with Gasteiger partial charge in [-0.1, -0.05) is 20.3 Å². The van der Waals surface area contributed by atoms with Crippen LogP contribution >= 0.6 is 0 Å². The molecule has 0 aromatic rings. The minimum atomic E-state index is -0.966. The Morgan fingerprint density at radius 2 is 1.85 bits per heavy atom. The molecule has 116 valence electrons. The van der Waals surface area contributed by atoms with Crippen molar-refractivity contribution in [2.24, 2.45) is 11.8 Å². The molecule has 0 aromatic heterocycles. The van der Waals surface area contributed by atoms with Gasteiger partial charge in [0.1, 0.15) is 5.54 Å². The highest BCUT2D eigenvalue weighted by molar-refractivity contribution is 5.89. The van der Waals surface area contributed by atoms with Crippen LogP contribution in [0.2, 0.25) is 0 Å². The fourth-order valence-corrected chi connectivity index (χ4v) is 3.01. The van der Waals surface area contributed by atoms with Crippen LogP contribution in [0.15, 0.2) is 0 Å². The van der Waals surface area contributed by atoms with Crippen LogP contribution in [0.3, 0.4) is 0 Å². The van der Waals surface area contributed by atoms with Gasteiger partial charge in [-0.25, -0.2) is 4.79 Å². The van der Waals surface area contributed by atoms with Crippen molar-refractivity contribution in [1.82, 2.24) is 5.32 Å². The van der Waals surface area contributed by atoms with Crippen LogP contribution in [-0.4, -0.2) is 36.7 Å². The number of amides is 1. The lowest BCUT2D eigenvalue weighted by molar-refractivity contribution is -0.151. The monoisotopic (exact) mass is 285 g/mol. The molecule has 1 aliphatic rings. The van der Waals surface area contributed by atoms with E-state index in [4.69, 9.17) is 9.47 Å². The lowest BCUT2D eigenvalue weighted by atomic mass is 9.87. The van der Waals surface area contributed by atoms with Gasteiger partial charge in [-0.2, -0.15) is 0 Å². The lowest BCUT2D eigenvalue weighted by Crippen LogP contribution is -2.55. The van der Waals surface area contributed by atoms with Gasteiger partial charge in [0.2, 0.25) is 5.91 Å². The molecule has 0 radical (unpaired) electrons. The number of carbonyl (C=O) groups is 2. The molecule has 1 N–H and O–H groups in total. The molecule has 1 rings (SSSR count). The molecule has 0 aromatic carbocycles. The molecule has 0 spiro atoms. The third-order valence-corrected chi connectivity index (χ3v) is 4.33. The van der Waals surface area contributed by atoms with E-state index >= 15 is 0 Å². The molecule has 1 aliphatic heterocycles. The van der Waals surface area contributed by atoms with E-state index in [0.717, 1.165) is 6.42 Å². The Morgan fingerprint density at radius 1 is 1.25 bits per heavy atom. The van der Waals surface area contributed by atoms with Crippen molar-refractivity contribution in [2.45, 2.75) is 65.2 Å². The molecule has 0 bridgehead atoms. The van der Waals surface area contributed by atoms with Crippen molar-refractivity contribution in [3.05, 3.63) is 0 Å². The van der Waals surface area contributed by atoms with E-state index in [2.05, 4.69) is 5.32 Å². The molecule has 20 heavy (non-hydrogen) atoms. The predicted molar refractivity (Wildman–Crippen MR) is 76.1 cm³/mol. The summed E-state index contributed by atoms with van der Waals surface area (Å²) in [5.41, 5.74) is -0.966. The van der Waals surface area contributed by atoms with Crippen LogP contribution < -0.4 is 5.32 Å². The molecule has 5 nitrogen and oxygen atoms in total. The second-order valence-electron chi connectivity index (χ2n) is 5.99. The summed E-state index contributed by atoms with van der Waals surface area (Å²) >= 11 is 0. The molecule has 1 amide bonds. The Kier molecular flexibility index (Phi) is 5.57. The SMILES string of the molecule is CCCC(C)(NC(=O)C1C(C)OC(C)C1C)C(=O)OC. The quantitative estimate of drug-likeness (QED) is 0.784. The number of nitrogens with one attached hydrogen (secondary N) is 1. The second kappa shape index (κ2) is 6.57. The maximum Gasteiger partial charge on any atom is 0.331 e. The van der Waals surface area contributed by atoms with Gasteiger partial charge in [0.25, 0.3) is 0 Å². The molecule has 5 unspecified atom stereocenters. The van der Waals surface area contributed by atoms with E-state index in [0.29, 0.717) is 6.42 Å². The fraction of sp³-hybridized carbons (Fsp3) is 0.867. The summed E-state index contributed by atoms with van der Waals surface area (Å²) in [7, 11) is 1.34. The highest BCUT2D eigenvalue weighted by Gasteiger charge is 2.45. The summed E-state index contributed by atoms with van der Waals surface area (Å²) in [5, 5.41) is 2.87. The van der Waals surface area contributed by atoms with Gasteiger partial charge in [-0.3, -0.25) is 4.79 Å². The topological polar surface area (TPSA) is 64.6 Å². The standard InChI is InChI=1S/C15H27NO4/c1-7-8-15(5,14(18)19-6)16-13(17)12-9(2)10(3)20-11(12)4/h9-12H,7-8H2,1-6H3,(H,16,17). The number of methoxy groups -OCH3 is 1. The van der Waals surface area contributed by atoms with Gasteiger partial charge in [0.15, 0.2) is 0 Å². The van der Waals surface area contributed by atoms with E-state index < -0.39 is 11.5 Å². The van der Waals surface area contributed by atoms with Crippen LogP contribution in [0, 0.1) is 11.8 Å². The number of ether oxygens (including phenoxy) is 2. The third kappa shape index (κ3) is 3.32. The zero-order valence-electron chi connectivity index (χ0n) is 13.4. The Labute approximate surface area is 121 Å². The summed E-state index contributed by atoms with van der Waals surface area (Å²) in [4.78, 5) is 24.5. The summed E-state index contributed by atoms with van der Waals surface area (Å²) in [6.07, 6.45) is 1.26. The van der Waals surface area contributed by atoms with Gasteiger partial charge in [-0.15, -0.1) is 0 Å². The highest BCUT2D eigenvalue weighted by Crippen LogP contribution is 2.33. The number of carbonyl (C=O) groups excluding carboxylic acids is 2. The first-order valence-electron chi connectivity index (χ1n) is 7.32. The Bertz CT molecular complexity index is 371. The molecule has 1 saturated heterocycles. The maximum absolute atomic E-state index is 12.5. The average Bonchev–Trinajstić information content (AvgIpc) is 2.62. The Morgan fingerprint density at radius 3 is 2.25 bits per heavy atom. The first-order valence-corrected chi connectivity index (χ1v) is 7.32. The van der Waals surface area contributed by atoms with Crippen LogP contribution in [0.4, 0.5) is 0 Å². The zero-order chi connectivity index (χ0) is 15.5. The van der Waals surface area contributed by atoms with E-state index in [9.17, 15) is 9.59 Å². The van der Waals surface area contributed by atoms with E-state index in [1.165, 1.54) is 7.11 Å². The van der Waals surface area contributed by atoms with Crippen LogP contribution in [-0.2, 0) is 19.1 Å². The van der Waals surface area contributed by atoms with Gasteiger partial charge < -0.3 is 14.8 Å². The van der Waals surface area contributed by atoms with Crippen molar-refractivity contribution in [3.8, 4) is 0 Å². The largest absolute Gasteiger partial charge is 0.467 e. The first-order chi connectivity index (χ1) is 9.26. The summed E-state index contributed by atoms with van der Waals surface area (Å²) < 4.78 is 10.5. The van der Waals surface area contributed by atoms with Crippen molar-refractivity contribution in [2.75, 3.05) is 7.11 Å². The van der Waals surface area contributed by atoms with Gasteiger partial charge in [0, 0.05) is 0 Å². The smallest absolute Gasteiger partial charge is 0.331 e. The van der Waals surface area contributed by atoms with E-state index in [-0.39, 0.29) is 30.0 Å². The molecular formula is C15H27NO4. The lowest BCUT2D eigenvalue weighted by Gasteiger charge is -2.30. The molecule has 0 saturated carbocycles. The van der Waals surface area contributed by atoms with Gasteiger partial charge in [0.05, 0.1) is 25.2 Å². The Hall–Kier alpha value is -1.10. The van der Waals surface area contributed by atoms with E-state index in [1.54, 1.807) is 6.92 Å². The second-order valence-corrected chi connectivity index (χ2v) is 5.99. The third-order valence-electron chi connectivity index (χ3n) is 4.33. The van der Waals surface area contributed by atoms with E-state index in [1.807, 2.05) is 27.7 Å². The van der Waals surface area contributed by atoms with Crippen molar-refractivity contribution >= 4 is 11.9 Å². The first kappa shape index (κ1) is 17.0. The zero-order valence-corrected chi connectivity index (χ0v) is 13.4. The molecule has 0 aliphatic carbocycles. The van der Waals surface area contributed by atoms with Crippen LogP contribution in [0.25, 0.3) is 0 Å². The number of hydrogen-bond acceptors (Lipinski definition) is 4. The summed E-state index contributed by atoms with van der Waals surface area (Å²) in [5.74, 6) is -0.630. The van der Waals surface area contributed by atoms with Gasteiger partial charge >= 0.3 is 5.97 Å². The normalized spacial score (nSPS) is 32.5. The minimum Gasteiger partial charge on any atom is -0.467 e. The van der Waals surface area contributed by atoms with Crippen molar-refractivity contribution < 1.29 is 19.1 Å². The van der Waals surface area contributed by atoms with Crippen LogP contribution in [0.1, 0.15) is 47.5 Å². The maximum atomic E-state index is 12.5. The van der Waals surface area contributed by atoms with Gasteiger partial charge in [-0.05, 0) is 33.1 Å². The van der Waals surface area contributed by atoms with Crippen LogP contribution in [0.5, 0.6) is 0 Å². The molecular weight excluding hydrogens is 258 g/mol. The average molecular weight is 285 g/mol. The highest BCUT2D eigenvalue weighted by atomic mass is 16.5. The molecule has 1 heterocycles. The fourth-order valence-electron chi connectivity index (χ4n) is 3.01. The molecule has 5 heteroatoms. The number of hydrogen-bond donors (Lipinski definition) is 1.